The third-order valence-corrected chi connectivity index (χ3v) is 4.50. The molecule has 0 aromatic heterocycles. The molecule has 0 bridgehead atoms. The molecule has 0 saturated carbocycles. The Morgan fingerprint density at radius 3 is 2.48 bits per heavy atom. The van der Waals surface area contributed by atoms with Crippen LogP contribution in [0.2, 0.25) is 0 Å². The van der Waals surface area contributed by atoms with Crippen LogP contribution in [-0.4, -0.2) is 32.8 Å². The Morgan fingerprint density at radius 1 is 1.33 bits per heavy atom. The highest BCUT2D eigenvalue weighted by molar-refractivity contribution is 8.13. The van der Waals surface area contributed by atoms with E-state index < -0.39 is 19.8 Å². The molecule has 4 nitrogen and oxygen atoms in total. The summed E-state index contributed by atoms with van der Waals surface area (Å²) in [6, 6.07) is 2.32. The fraction of sp³-hybridized carbons (Fsp3) is 0.500. The fourth-order valence-electron chi connectivity index (χ4n) is 1.96. The van der Waals surface area contributed by atoms with Gasteiger partial charge in [-0.2, -0.15) is 0 Å². The van der Waals surface area contributed by atoms with Crippen molar-refractivity contribution in [3.05, 3.63) is 29.1 Å². The van der Waals surface area contributed by atoms with Crippen molar-refractivity contribution in [2.45, 2.75) is 38.0 Å². The highest BCUT2D eigenvalue weighted by Crippen LogP contribution is 2.24. The van der Waals surface area contributed by atoms with Gasteiger partial charge >= 0.3 is 0 Å². The first-order valence-electron chi connectivity index (χ1n) is 6.68. The number of halogens is 2. The summed E-state index contributed by atoms with van der Waals surface area (Å²) in [5.74, 6) is -1.27. The van der Waals surface area contributed by atoms with E-state index in [0.29, 0.717) is 6.54 Å². The average Bonchev–Trinajstić information content (AvgIpc) is 2.39. The molecule has 1 aromatic rings. The van der Waals surface area contributed by atoms with E-state index in [1.807, 2.05) is 0 Å². The first-order chi connectivity index (χ1) is 9.68. The van der Waals surface area contributed by atoms with Crippen molar-refractivity contribution in [2.24, 2.45) is 0 Å². The largest absolute Gasteiger partial charge is 0.342 e. The van der Waals surface area contributed by atoms with E-state index in [2.05, 4.69) is 6.92 Å². The molecule has 7 heteroatoms. The van der Waals surface area contributed by atoms with Crippen LogP contribution >= 0.6 is 10.7 Å². The smallest absolute Gasteiger partial charge is 0.264 e. The van der Waals surface area contributed by atoms with Crippen LogP contribution < -0.4 is 0 Å². The molecule has 1 rings (SSSR count). The van der Waals surface area contributed by atoms with Crippen LogP contribution in [-0.2, 0) is 9.05 Å². The molecule has 0 aliphatic carbocycles. The number of carbonyl (C=O) groups is 1. The van der Waals surface area contributed by atoms with Gasteiger partial charge in [0.1, 0.15) is 10.7 Å². The van der Waals surface area contributed by atoms with Crippen LogP contribution in [0, 0.1) is 12.7 Å². The number of amides is 1. The quantitative estimate of drug-likeness (QED) is 0.592. The van der Waals surface area contributed by atoms with E-state index in [9.17, 15) is 17.6 Å². The third kappa shape index (κ3) is 4.68. The van der Waals surface area contributed by atoms with Gasteiger partial charge in [-0.25, -0.2) is 12.8 Å². The molecule has 0 atom stereocenters. The number of hydrogen-bond acceptors (Lipinski definition) is 3. The van der Waals surface area contributed by atoms with Gasteiger partial charge in [-0.3, -0.25) is 4.79 Å². The zero-order valence-corrected chi connectivity index (χ0v) is 13.9. The molecule has 118 valence electrons. The van der Waals surface area contributed by atoms with Gasteiger partial charge < -0.3 is 4.90 Å². The molecular formula is C14H19ClFNO3S. The summed E-state index contributed by atoms with van der Waals surface area (Å²) < 4.78 is 36.5. The molecule has 1 aromatic carbocycles. The van der Waals surface area contributed by atoms with Crippen molar-refractivity contribution in [2.75, 3.05) is 13.6 Å². The summed E-state index contributed by atoms with van der Waals surface area (Å²) in [6.45, 7) is 4.02. The second-order valence-corrected chi connectivity index (χ2v) is 7.51. The van der Waals surface area contributed by atoms with Crippen LogP contribution in [0.15, 0.2) is 17.0 Å². The lowest BCUT2D eigenvalue weighted by Gasteiger charge is -2.18. The Kier molecular flexibility index (Phi) is 6.16. The van der Waals surface area contributed by atoms with E-state index in [1.54, 1.807) is 7.05 Å². The van der Waals surface area contributed by atoms with E-state index in [4.69, 9.17) is 10.7 Å². The van der Waals surface area contributed by atoms with Gasteiger partial charge in [0.2, 0.25) is 0 Å². The maximum absolute atomic E-state index is 13.8. The van der Waals surface area contributed by atoms with E-state index >= 15 is 0 Å². The molecule has 0 heterocycles. The number of aryl methyl sites for hydroxylation is 1. The molecule has 0 spiro atoms. The summed E-state index contributed by atoms with van der Waals surface area (Å²) in [7, 11) is 2.60. The third-order valence-electron chi connectivity index (χ3n) is 3.17. The van der Waals surface area contributed by atoms with Gasteiger partial charge in [0, 0.05) is 29.8 Å². The zero-order valence-electron chi connectivity index (χ0n) is 12.3. The van der Waals surface area contributed by atoms with Crippen molar-refractivity contribution >= 4 is 25.6 Å². The molecule has 21 heavy (non-hydrogen) atoms. The Labute approximate surface area is 129 Å². The summed E-state index contributed by atoms with van der Waals surface area (Å²) in [4.78, 5) is 13.1. The monoisotopic (exact) mass is 335 g/mol. The van der Waals surface area contributed by atoms with E-state index in [0.717, 1.165) is 25.3 Å². The zero-order chi connectivity index (χ0) is 16.2. The maximum atomic E-state index is 13.8. The Bertz CT molecular complexity index is 631. The number of rotatable bonds is 6. The van der Waals surface area contributed by atoms with E-state index in [1.165, 1.54) is 17.9 Å². The second-order valence-electron chi connectivity index (χ2n) is 4.98. The average molecular weight is 336 g/mol. The number of nitrogens with zero attached hydrogens (tertiary/aromatic N) is 1. The Balaban J connectivity index is 3.09. The molecule has 1 amide bonds. The standard InChI is InChI=1S/C14H19ClFNO3S/c1-4-5-6-7-17(3)14(18)11-8-10(2)13(16)12(9-11)21(15,19)20/h8-9H,4-7H2,1-3H3. The summed E-state index contributed by atoms with van der Waals surface area (Å²) in [6.07, 6.45) is 2.90. The fourth-order valence-corrected chi connectivity index (χ4v) is 2.94. The van der Waals surface area contributed by atoms with Crippen molar-refractivity contribution in [3.63, 3.8) is 0 Å². The normalized spacial score (nSPS) is 11.5. The van der Waals surface area contributed by atoms with Crippen LogP contribution in [0.1, 0.15) is 42.1 Å². The van der Waals surface area contributed by atoms with E-state index in [-0.39, 0.29) is 17.0 Å². The lowest BCUT2D eigenvalue weighted by atomic mass is 10.1. The maximum Gasteiger partial charge on any atom is 0.264 e. The van der Waals surface area contributed by atoms with Crippen molar-refractivity contribution < 1.29 is 17.6 Å². The van der Waals surface area contributed by atoms with Crippen LogP contribution in [0.4, 0.5) is 4.39 Å². The molecule has 0 saturated heterocycles. The van der Waals surface area contributed by atoms with Gasteiger partial charge in [-0.15, -0.1) is 0 Å². The lowest BCUT2D eigenvalue weighted by molar-refractivity contribution is 0.0792. The minimum absolute atomic E-state index is 0.0713. The molecule has 0 radical (unpaired) electrons. The second kappa shape index (κ2) is 7.22. The van der Waals surface area contributed by atoms with Gasteiger partial charge in [0.05, 0.1) is 0 Å². The molecule has 0 aliphatic heterocycles. The predicted molar refractivity (Wildman–Crippen MR) is 80.7 cm³/mol. The summed E-state index contributed by atoms with van der Waals surface area (Å²) in [5.41, 5.74) is 0.189. The summed E-state index contributed by atoms with van der Waals surface area (Å²) in [5, 5.41) is 0. The Morgan fingerprint density at radius 2 is 1.95 bits per heavy atom. The molecular weight excluding hydrogens is 317 g/mol. The lowest BCUT2D eigenvalue weighted by Crippen LogP contribution is -2.28. The number of unbranched alkanes of at least 4 members (excludes halogenated alkanes) is 2. The van der Waals surface area contributed by atoms with Crippen LogP contribution in [0.3, 0.4) is 0 Å². The van der Waals surface area contributed by atoms with Crippen molar-refractivity contribution in [1.82, 2.24) is 4.90 Å². The predicted octanol–water partition coefficient (Wildman–Crippen LogP) is 3.32. The van der Waals surface area contributed by atoms with Crippen molar-refractivity contribution in [3.8, 4) is 0 Å². The van der Waals surface area contributed by atoms with Crippen molar-refractivity contribution in [1.29, 1.82) is 0 Å². The highest BCUT2D eigenvalue weighted by atomic mass is 35.7. The Hall–Kier alpha value is -1.14. The first-order valence-corrected chi connectivity index (χ1v) is 8.99. The van der Waals surface area contributed by atoms with Gasteiger partial charge in [-0.1, -0.05) is 19.8 Å². The number of carbonyl (C=O) groups excluding carboxylic acids is 1. The topological polar surface area (TPSA) is 54.5 Å². The first kappa shape index (κ1) is 17.9. The van der Waals surface area contributed by atoms with Gasteiger partial charge in [0.15, 0.2) is 0 Å². The number of hydrogen-bond donors (Lipinski definition) is 0. The molecule has 0 unspecified atom stereocenters. The molecule has 0 N–H and O–H groups in total. The number of benzene rings is 1. The minimum atomic E-state index is -4.23. The SMILES string of the molecule is CCCCCN(C)C(=O)c1cc(C)c(F)c(S(=O)(=O)Cl)c1. The van der Waals surface area contributed by atoms with Gasteiger partial charge in [-0.05, 0) is 31.0 Å². The van der Waals surface area contributed by atoms with Crippen LogP contribution in [0.25, 0.3) is 0 Å². The van der Waals surface area contributed by atoms with Gasteiger partial charge in [0.25, 0.3) is 15.0 Å². The highest BCUT2D eigenvalue weighted by Gasteiger charge is 2.22. The summed E-state index contributed by atoms with van der Waals surface area (Å²) >= 11 is 0. The van der Waals surface area contributed by atoms with Crippen LogP contribution in [0.5, 0.6) is 0 Å². The minimum Gasteiger partial charge on any atom is -0.342 e. The molecule has 0 fully saturated rings. The molecule has 0 aliphatic rings.